The minimum absolute atomic E-state index is 0.707. The molecular formula is C25H21ClN4S. The molecule has 0 saturated carbocycles. The second kappa shape index (κ2) is 8.61. The minimum atomic E-state index is 0.707. The molecule has 154 valence electrons. The third-order valence-corrected chi connectivity index (χ3v) is 6.50. The SMILES string of the molecule is CCCSc1nnc(-c2[nH]c3ccc(Cl)cc3c2-c2ccccc2)n1-c1ccccc1. The van der Waals surface area contributed by atoms with Gasteiger partial charge in [0.25, 0.3) is 0 Å². The summed E-state index contributed by atoms with van der Waals surface area (Å²) in [5.41, 5.74) is 5.18. The van der Waals surface area contributed by atoms with E-state index >= 15 is 0 Å². The molecule has 0 amide bonds. The van der Waals surface area contributed by atoms with Crippen molar-refractivity contribution in [3.8, 4) is 28.3 Å². The molecule has 5 rings (SSSR count). The summed E-state index contributed by atoms with van der Waals surface area (Å²) in [4.78, 5) is 3.59. The number of aromatic amines is 1. The zero-order chi connectivity index (χ0) is 21.2. The Morgan fingerprint density at radius 2 is 1.68 bits per heavy atom. The molecule has 0 bridgehead atoms. The molecule has 0 radical (unpaired) electrons. The van der Waals surface area contributed by atoms with Gasteiger partial charge in [-0.1, -0.05) is 78.8 Å². The molecule has 0 aliphatic heterocycles. The van der Waals surface area contributed by atoms with Gasteiger partial charge in [-0.15, -0.1) is 10.2 Å². The number of H-pyrrole nitrogens is 1. The van der Waals surface area contributed by atoms with E-state index in [0.717, 1.165) is 56.6 Å². The number of rotatable bonds is 6. The van der Waals surface area contributed by atoms with Crippen molar-refractivity contribution in [2.75, 3.05) is 5.75 Å². The van der Waals surface area contributed by atoms with Crippen LogP contribution in [0, 0.1) is 0 Å². The standard InChI is InChI=1S/C25H21ClN4S/c1-2-15-31-25-29-28-24(30(25)19-11-7-4-8-12-19)23-22(17-9-5-3-6-10-17)20-16-18(26)13-14-21(20)27-23/h3-14,16,27H,2,15H2,1H3. The first-order chi connectivity index (χ1) is 15.3. The Labute approximate surface area is 190 Å². The van der Waals surface area contributed by atoms with Gasteiger partial charge < -0.3 is 4.98 Å². The van der Waals surface area contributed by atoms with E-state index in [1.807, 2.05) is 54.6 Å². The first kappa shape index (κ1) is 19.9. The first-order valence-corrected chi connectivity index (χ1v) is 11.6. The highest BCUT2D eigenvalue weighted by Gasteiger charge is 2.23. The van der Waals surface area contributed by atoms with Gasteiger partial charge in [-0.3, -0.25) is 4.57 Å². The quantitative estimate of drug-likeness (QED) is 0.281. The Hall–Kier alpha value is -3.02. The van der Waals surface area contributed by atoms with Gasteiger partial charge in [0.05, 0.1) is 5.69 Å². The van der Waals surface area contributed by atoms with Crippen molar-refractivity contribution < 1.29 is 0 Å². The van der Waals surface area contributed by atoms with E-state index in [4.69, 9.17) is 11.6 Å². The maximum absolute atomic E-state index is 6.37. The number of nitrogens with one attached hydrogen (secondary N) is 1. The second-order valence-electron chi connectivity index (χ2n) is 7.26. The number of halogens is 1. The monoisotopic (exact) mass is 444 g/mol. The molecule has 3 aromatic carbocycles. The molecule has 0 atom stereocenters. The van der Waals surface area contributed by atoms with Crippen molar-refractivity contribution in [1.29, 1.82) is 0 Å². The van der Waals surface area contributed by atoms with E-state index in [-0.39, 0.29) is 0 Å². The Kier molecular flexibility index (Phi) is 5.53. The minimum Gasteiger partial charge on any atom is -0.351 e. The summed E-state index contributed by atoms with van der Waals surface area (Å²) in [7, 11) is 0. The molecule has 1 N–H and O–H groups in total. The Bertz CT molecular complexity index is 1330. The lowest BCUT2D eigenvalue weighted by Gasteiger charge is -2.11. The van der Waals surface area contributed by atoms with Crippen LogP contribution >= 0.6 is 23.4 Å². The molecule has 0 aliphatic rings. The molecule has 5 aromatic rings. The van der Waals surface area contributed by atoms with E-state index in [1.54, 1.807) is 11.8 Å². The predicted molar refractivity (Wildman–Crippen MR) is 130 cm³/mol. The van der Waals surface area contributed by atoms with Gasteiger partial charge in [0.2, 0.25) is 0 Å². The van der Waals surface area contributed by atoms with Crippen molar-refractivity contribution >= 4 is 34.3 Å². The number of hydrogen-bond donors (Lipinski definition) is 1. The van der Waals surface area contributed by atoms with Crippen LogP contribution in [0.3, 0.4) is 0 Å². The van der Waals surface area contributed by atoms with E-state index < -0.39 is 0 Å². The van der Waals surface area contributed by atoms with Crippen LogP contribution in [0.4, 0.5) is 0 Å². The number of aromatic nitrogens is 4. The highest BCUT2D eigenvalue weighted by molar-refractivity contribution is 7.99. The lowest BCUT2D eigenvalue weighted by Crippen LogP contribution is -2.00. The van der Waals surface area contributed by atoms with Crippen molar-refractivity contribution in [1.82, 2.24) is 19.7 Å². The fourth-order valence-electron chi connectivity index (χ4n) is 3.77. The number of benzene rings is 3. The van der Waals surface area contributed by atoms with Crippen LogP contribution in [-0.4, -0.2) is 25.5 Å². The normalized spacial score (nSPS) is 11.3. The van der Waals surface area contributed by atoms with Gasteiger partial charge in [0.15, 0.2) is 11.0 Å². The Morgan fingerprint density at radius 3 is 2.42 bits per heavy atom. The molecule has 0 unspecified atom stereocenters. The summed E-state index contributed by atoms with van der Waals surface area (Å²) in [6, 6.07) is 26.6. The molecule has 0 spiro atoms. The van der Waals surface area contributed by atoms with Crippen molar-refractivity contribution in [2.24, 2.45) is 0 Å². The average molecular weight is 445 g/mol. The zero-order valence-electron chi connectivity index (χ0n) is 17.0. The molecule has 0 fully saturated rings. The summed E-state index contributed by atoms with van der Waals surface area (Å²) >= 11 is 8.09. The lowest BCUT2D eigenvalue weighted by molar-refractivity contribution is 0.883. The molecule has 4 nitrogen and oxygen atoms in total. The van der Waals surface area contributed by atoms with Crippen molar-refractivity contribution in [3.05, 3.63) is 83.9 Å². The first-order valence-electron chi connectivity index (χ1n) is 10.3. The van der Waals surface area contributed by atoms with Gasteiger partial charge in [-0.05, 0) is 42.3 Å². The van der Waals surface area contributed by atoms with E-state index in [9.17, 15) is 0 Å². The third-order valence-electron chi connectivity index (χ3n) is 5.13. The van der Waals surface area contributed by atoms with Gasteiger partial charge in [0, 0.05) is 32.9 Å². The van der Waals surface area contributed by atoms with Gasteiger partial charge in [0.1, 0.15) is 0 Å². The number of para-hydroxylation sites is 1. The number of nitrogens with zero attached hydrogens (tertiary/aromatic N) is 3. The predicted octanol–water partition coefficient (Wildman–Crippen LogP) is 7.24. The van der Waals surface area contributed by atoms with Gasteiger partial charge in [-0.25, -0.2) is 0 Å². The summed E-state index contributed by atoms with van der Waals surface area (Å²) in [5.74, 6) is 1.77. The Morgan fingerprint density at radius 1 is 0.935 bits per heavy atom. The van der Waals surface area contributed by atoms with Crippen LogP contribution in [0.25, 0.3) is 39.2 Å². The average Bonchev–Trinajstić information content (AvgIpc) is 3.39. The molecular weight excluding hydrogens is 424 g/mol. The van der Waals surface area contributed by atoms with Gasteiger partial charge >= 0.3 is 0 Å². The summed E-state index contributed by atoms with van der Waals surface area (Å²) < 4.78 is 2.14. The van der Waals surface area contributed by atoms with Crippen LogP contribution in [-0.2, 0) is 0 Å². The highest BCUT2D eigenvalue weighted by atomic mass is 35.5. The molecule has 0 aliphatic carbocycles. The lowest BCUT2D eigenvalue weighted by atomic mass is 10.0. The van der Waals surface area contributed by atoms with Crippen molar-refractivity contribution in [3.63, 3.8) is 0 Å². The van der Waals surface area contributed by atoms with Gasteiger partial charge in [-0.2, -0.15) is 0 Å². The summed E-state index contributed by atoms with van der Waals surface area (Å²) in [6.45, 7) is 2.17. The topological polar surface area (TPSA) is 46.5 Å². The van der Waals surface area contributed by atoms with E-state index in [0.29, 0.717) is 5.02 Å². The van der Waals surface area contributed by atoms with Crippen LogP contribution < -0.4 is 0 Å². The molecule has 0 saturated heterocycles. The molecule has 6 heteroatoms. The fraction of sp³-hybridized carbons (Fsp3) is 0.120. The van der Waals surface area contributed by atoms with Crippen LogP contribution in [0.1, 0.15) is 13.3 Å². The highest BCUT2D eigenvalue weighted by Crippen LogP contribution is 2.40. The fourth-order valence-corrected chi connectivity index (χ4v) is 4.74. The number of hydrogen-bond acceptors (Lipinski definition) is 3. The van der Waals surface area contributed by atoms with E-state index in [1.165, 1.54) is 0 Å². The number of thioether (sulfide) groups is 1. The molecule has 2 aromatic heterocycles. The van der Waals surface area contributed by atoms with Crippen LogP contribution in [0.15, 0.2) is 84.0 Å². The molecule has 2 heterocycles. The number of fused-ring (bicyclic) bond motifs is 1. The third kappa shape index (κ3) is 3.75. The second-order valence-corrected chi connectivity index (χ2v) is 8.76. The Balaban J connectivity index is 1.80. The maximum atomic E-state index is 6.37. The maximum Gasteiger partial charge on any atom is 0.196 e. The summed E-state index contributed by atoms with van der Waals surface area (Å²) in [6.07, 6.45) is 1.07. The smallest absolute Gasteiger partial charge is 0.196 e. The zero-order valence-corrected chi connectivity index (χ0v) is 18.6. The van der Waals surface area contributed by atoms with Crippen molar-refractivity contribution in [2.45, 2.75) is 18.5 Å². The van der Waals surface area contributed by atoms with E-state index in [2.05, 4.69) is 50.9 Å². The van der Waals surface area contributed by atoms with Crippen LogP contribution in [0.2, 0.25) is 5.02 Å². The summed E-state index contributed by atoms with van der Waals surface area (Å²) in [5, 5.41) is 11.9. The molecule has 31 heavy (non-hydrogen) atoms. The van der Waals surface area contributed by atoms with Crippen LogP contribution in [0.5, 0.6) is 0 Å². The largest absolute Gasteiger partial charge is 0.351 e.